The third-order valence-corrected chi connectivity index (χ3v) is 5.70. The molecule has 0 fully saturated rings. The summed E-state index contributed by atoms with van der Waals surface area (Å²) in [6.45, 7) is 3.82. The van der Waals surface area contributed by atoms with Gasteiger partial charge in [-0.05, 0) is 59.6 Å². The lowest BCUT2D eigenvalue weighted by molar-refractivity contribution is 0.249. The van der Waals surface area contributed by atoms with Crippen molar-refractivity contribution in [3.8, 4) is 11.3 Å². The van der Waals surface area contributed by atoms with Gasteiger partial charge in [-0.15, -0.1) is 0 Å². The minimum Gasteiger partial charge on any atom is -0.331 e. The summed E-state index contributed by atoms with van der Waals surface area (Å²) in [5, 5.41) is 14.6. The molecule has 7 nitrogen and oxygen atoms in total. The number of aromatic amines is 1. The second kappa shape index (κ2) is 8.41. The molecule has 4 aromatic rings. The summed E-state index contributed by atoms with van der Waals surface area (Å²) in [6.07, 6.45) is 3.43. The van der Waals surface area contributed by atoms with Crippen LogP contribution >= 0.6 is 27.5 Å². The average molecular weight is 486 g/mol. The number of benzene rings is 1. The Hall–Kier alpha value is -2.97. The number of hydrogen-bond donors (Lipinski definition) is 3. The van der Waals surface area contributed by atoms with Crippen LogP contribution in [0.25, 0.3) is 22.2 Å². The highest BCUT2D eigenvalue weighted by Gasteiger charge is 2.17. The van der Waals surface area contributed by atoms with E-state index < -0.39 is 0 Å². The zero-order chi connectivity index (χ0) is 21.3. The van der Waals surface area contributed by atoms with Gasteiger partial charge in [-0.2, -0.15) is 5.10 Å². The number of nitrogens with zero attached hydrogens (tertiary/aromatic N) is 3. The summed E-state index contributed by atoms with van der Waals surface area (Å²) in [7, 11) is 0. The molecule has 0 unspecified atom stereocenters. The molecule has 0 spiro atoms. The first-order valence-electron chi connectivity index (χ1n) is 9.21. The number of anilines is 1. The molecule has 0 aliphatic rings. The van der Waals surface area contributed by atoms with E-state index in [1.54, 1.807) is 24.5 Å². The Labute approximate surface area is 186 Å². The smallest absolute Gasteiger partial charge is 0.320 e. The molecule has 0 aliphatic heterocycles. The lowest BCUT2D eigenvalue weighted by Crippen LogP contribution is -2.31. The Morgan fingerprint density at radius 3 is 2.70 bits per heavy atom. The second-order valence-electron chi connectivity index (χ2n) is 6.84. The molecular weight excluding hydrogens is 468 g/mol. The maximum absolute atomic E-state index is 12.5. The molecule has 30 heavy (non-hydrogen) atoms. The first-order valence-corrected chi connectivity index (χ1v) is 10.4. The van der Waals surface area contributed by atoms with Gasteiger partial charge in [-0.1, -0.05) is 23.7 Å². The summed E-state index contributed by atoms with van der Waals surface area (Å²) in [6, 6.07) is 10.6. The van der Waals surface area contributed by atoms with E-state index in [0.717, 1.165) is 33.4 Å². The third-order valence-electron chi connectivity index (χ3n) is 4.67. The minimum absolute atomic E-state index is 0.196. The van der Waals surface area contributed by atoms with Gasteiger partial charge in [-0.25, -0.2) is 9.78 Å². The number of aromatic nitrogens is 4. The van der Waals surface area contributed by atoms with Gasteiger partial charge in [-0.3, -0.25) is 15.4 Å². The number of amides is 2. The summed E-state index contributed by atoms with van der Waals surface area (Å²) in [5.74, 6) is 0.393. The molecule has 2 amide bonds. The summed E-state index contributed by atoms with van der Waals surface area (Å²) in [4.78, 5) is 21.1. The Kier molecular flexibility index (Phi) is 5.69. The predicted molar refractivity (Wildman–Crippen MR) is 122 cm³/mol. The number of fused-ring (bicyclic) bond motifs is 1. The zero-order valence-corrected chi connectivity index (χ0v) is 18.5. The van der Waals surface area contributed by atoms with Crippen molar-refractivity contribution < 1.29 is 4.79 Å². The number of carbonyl (C=O) groups excluding carboxylic acids is 1. The molecule has 3 heterocycles. The molecule has 0 saturated carbocycles. The SMILES string of the molecule is Cc1cc(-c2n[nH]c3c(Br)c(NC(=O)N[C@H](C)c4ccc(Cl)cc4)ncc23)ccn1. The number of pyridine rings is 2. The van der Waals surface area contributed by atoms with Crippen LogP contribution in [0.4, 0.5) is 10.6 Å². The van der Waals surface area contributed by atoms with Crippen LogP contribution < -0.4 is 10.6 Å². The van der Waals surface area contributed by atoms with Crippen LogP contribution in [-0.2, 0) is 0 Å². The van der Waals surface area contributed by atoms with Gasteiger partial charge in [0, 0.05) is 34.1 Å². The number of carbonyl (C=O) groups is 1. The van der Waals surface area contributed by atoms with E-state index in [4.69, 9.17) is 11.6 Å². The molecule has 0 saturated heterocycles. The Morgan fingerprint density at radius 1 is 1.20 bits per heavy atom. The fraction of sp³-hybridized carbons (Fsp3) is 0.143. The summed E-state index contributed by atoms with van der Waals surface area (Å²) < 4.78 is 0.624. The van der Waals surface area contributed by atoms with E-state index in [1.165, 1.54) is 0 Å². The van der Waals surface area contributed by atoms with Gasteiger partial charge in [0.1, 0.15) is 5.69 Å². The quantitative estimate of drug-likeness (QED) is 0.349. The molecule has 3 aromatic heterocycles. The van der Waals surface area contributed by atoms with Crippen molar-refractivity contribution in [3.05, 3.63) is 69.5 Å². The van der Waals surface area contributed by atoms with Crippen LogP contribution in [0.5, 0.6) is 0 Å². The van der Waals surface area contributed by atoms with Crippen LogP contribution in [0.15, 0.2) is 53.3 Å². The number of nitrogens with one attached hydrogen (secondary N) is 3. The number of rotatable bonds is 4. The van der Waals surface area contributed by atoms with Gasteiger partial charge in [0.15, 0.2) is 5.82 Å². The van der Waals surface area contributed by atoms with Gasteiger partial charge < -0.3 is 5.32 Å². The van der Waals surface area contributed by atoms with Crippen molar-refractivity contribution in [2.24, 2.45) is 0 Å². The Morgan fingerprint density at radius 2 is 1.97 bits per heavy atom. The van der Waals surface area contributed by atoms with E-state index in [1.807, 2.05) is 38.1 Å². The fourth-order valence-electron chi connectivity index (χ4n) is 3.12. The number of halogens is 2. The molecule has 1 aromatic carbocycles. The van der Waals surface area contributed by atoms with Gasteiger partial charge in [0.2, 0.25) is 0 Å². The molecule has 4 rings (SSSR count). The van der Waals surface area contributed by atoms with Crippen LogP contribution in [0, 0.1) is 6.92 Å². The standard InChI is InChI=1S/C21H18BrClN6O/c1-11-9-14(7-8-24-11)18-16-10-25-20(17(22)19(16)29-28-18)27-21(30)26-12(2)13-3-5-15(23)6-4-13/h3-10,12H,1-2H3,(H,28,29)(H2,25,26,27,30)/t12-/m1/s1. The lowest BCUT2D eigenvalue weighted by atomic mass is 10.1. The number of hydrogen-bond acceptors (Lipinski definition) is 4. The number of H-pyrrole nitrogens is 1. The Bertz CT molecular complexity index is 1220. The Balaban J connectivity index is 1.54. The first kappa shape index (κ1) is 20.3. The monoisotopic (exact) mass is 484 g/mol. The largest absolute Gasteiger partial charge is 0.331 e. The molecule has 0 radical (unpaired) electrons. The van der Waals surface area contributed by atoms with E-state index in [-0.39, 0.29) is 12.1 Å². The van der Waals surface area contributed by atoms with Gasteiger partial charge in [0.25, 0.3) is 0 Å². The molecule has 0 aliphatic carbocycles. The average Bonchev–Trinajstić information content (AvgIpc) is 3.15. The topological polar surface area (TPSA) is 95.6 Å². The maximum Gasteiger partial charge on any atom is 0.320 e. The number of urea groups is 1. The molecular formula is C21H18BrClN6O. The van der Waals surface area contributed by atoms with E-state index in [9.17, 15) is 4.79 Å². The molecule has 0 bridgehead atoms. The summed E-state index contributed by atoms with van der Waals surface area (Å²) in [5.41, 5.74) is 4.31. The maximum atomic E-state index is 12.5. The highest BCUT2D eigenvalue weighted by molar-refractivity contribution is 9.10. The zero-order valence-electron chi connectivity index (χ0n) is 16.2. The van der Waals surface area contributed by atoms with E-state index >= 15 is 0 Å². The molecule has 3 N–H and O–H groups in total. The van der Waals surface area contributed by atoms with E-state index in [2.05, 4.69) is 46.7 Å². The van der Waals surface area contributed by atoms with Crippen molar-refractivity contribution in [3.63, 3.8) is 0 Å². The first-order chi connectivity index (χ1) is 14.4. The van der Waals surface area contributed by atoms with Gasteiger partial charge in [0.05, 0.1) is 16.0 Å². The van der Waals surface area contributed by atoms with Crippen molar-refractivity contribution in [1.29, 1.82) is 0 Å². The molecule has 9 heteroatoms. The fourth-order valence-corrected chi connectivity index (χ4v) is 3.75. The minimum atomic E-state index is -0.366. The lowest BCUT2D eigenvalue weighted by Gasteiger charge is -2.15. The second-order valence-corrected chi connectivity index (χ2v) is 8.07. The van der Waals surface area contributed by atoms with Crippen molar-refractivity contribution in [1.82, 2.24) is 25.5 Å². The van der Waals surface area contributed by atoms with E-state index in [0.29, 0.717) is 15.3 Å². The van der Waals surface area contributed by atoms with Crippen LogP contribution in [0.2, 0.25) is 5.02 Å². The third kappa shape index (κ3) is 4.15. The van der Waals surface area contributed by atoms with Crippen molar-refractivity contribution in [2.45, 2.75) is 19.9 Å². The number of aryl methyl sites for hydroxylation is 1. The van der Waals surface area contributed by atoms with Crippen molar-refractivity contribution >= 4 is 50.3 Å². The van der Waals surface area contributed by atoms with Gasteiger partial charge >= 0.3 is 6.03 Å². The normalized spacial score (nSPS) is 12.0. The molecule has 152 valence electrons. The highest BCUT2D eigenvalue weighted by atomic mass is 79.9. The van der Waals surface area contributed by atoms with Crippen LogP contribution in [-0.4, -0.2) is 26.2 Å². The van der Waals surface area contributed by atoms with Crippen LogP contribution in [0.1, 0.15) is 24.2 Å². The highest BCUT2D eigenvalue weighted by Crippen LogP contribution is 2.33. The summed E-state index contributed by atoms with van der Waals surface area (Å²) >= 11 is 9.45. The van der Waals surface area contributed by atoms with Crippen LogP contribution in [0.3, 0.4) is 0 Å². The predicted octanol–water partition coefficient (Wildman–Crippen LogP) is 5.63. The molecule has 1 atom stereocenters. The van der Waals surface area contributed by atoms with Crippen molar-refractivity contribution in [2.75, 3.05) is 5.32 Å².